The Labute approximate surface area is 216 Å². The van der Waals surface area contributed by atoms with Crippen LogP contribution in [-0.4, -0.2) is 41.2 Å². The normalized spacial score (nSPS) is 13.8. The van der Waals surface area contributed by atoms with Gasteiger partial charge in [0.25, 0.3) is 17.7 Å². The molecule has 0 saturated heterocycles. The first kappa shape index (κ1) is 26.3. The summed E-state index contributed by atoms with van der Waals surface area (Å²) in [6.45, 7) is 4.64. The van der Waals surface area contributed by atoms with Gasteiger partial charge in [-0.05, 0) is 30.0 Å². The van der Waals surface area contributed by atoms with E-state index in [-0.39, 0.29) is 31.2 Å². The Morgan fingerprint density at radius 1 is 0.912 bits per heavy atom. The minimum atomic E-state index is -1.34. The maximum Gasteiger partial charge on any atom is 0.330 e. The number of aryl methyl sites for hydroxylation is 1. The van der Waals surface area contributed by atoms with E-state index >= 15 is 0 Å². The first-order valence-electron chi connectivity index (χ1n) is 10.3. The number of anilines is 1. The summed E-state index contributed by atoms with van der Waals surface area (Å²) in [5.74, 6) is -3.79. The minimum Gasteiger partial charge on any atom is -0.454 e. The number of halogens is 4. The summed E-state index contributed by atoms with van der Waals surface area (Å²) in [7, 11) is 0. The van der Waals surface area contributed by atoms with E-state index in [1.165, 1.54) is 0 Å². The number of benzene rings is 2. The summed E-state index contributed by atoms with van der Waals surface area (Å²) in [5, 5.41) is 1.78. The van der Waals surface area contributed by atoms with Crippen molar-refractivity contribution < 1.29 is 23.9 Å². The van der Waals surface area contributed by atoms with Crippen molar-refractivity contribution in [3.8, 4) is 0 Å². The first-order valence-corrected chi connectivity index (χ1v) is 11.8. The average molecular weight is 546 g/mol. The topological polar surface area (TPSA) is 92.8 Å². The molecular weight excluding hydrogens is 526 g/mol. The predicted molar refractivity (Wildman–Crippen MR) is 131 cm³/mol. The third kappa shape index (κ3) is 4.89. The van der Waals surface area contributed by atoms with Crippen molar-refractivity contribution in [2.75, 3.05) is 11.9 Å². The second-order valence-electron chi connectivity index (χ2n) is 7.88. The van der Waals surface area contributed by atoms with E-state index in [2.05, 4.69) is 5.32 Å². The molecule has 1 atom stereocenters. The molecule has 1 aliphatic rings. The highest BCUT2D eigenvalue weighted by Crippen LogP contribution is 2.45. The fourth-order valence-electron chi connectivity index (χ4n) is 3.54. The number of rotatable bonds is 7. The molecule has 0 aromatic heterocycles. The van der Waals surface area contributed by atoms with E-state index in [9.17, 15) is 19.2 Å². The number of imide groups is 1. The number of hydrogen-bond donors (Lipinski definition) is 1. The molecule has 0 spiro atoms. The molecule has 0 saturated carbocycles. The number of carbonyl (C=O) groups excluding carboxylic acids is 4. The van der Waals surface area contributed by atoms with Crippen molar-refractivity contribution in [1.82, 2.24) is 4.90 Å². The molecule has 2 aromatic carbocycles. The number of nitrogens with zero attached hydrogens (tertiary/aromatic N) is 1. The van der Waals surface area contributed by atoms with Gasteiger partial charge in [-0.3, -0.25) is 19.3 Å². The summed E-state index contributed by atoms with van der Waals surface area (Å²) in [4.78, 5) is 52.1. The van der Waals surface area contributed by atoms with E-state index < -0.39 is 42.3 Å². The number of nitrogens with one attached hydrogen (secondary N) is 1. The fourth-order valence-corrected chi connectivity index (χ4v) is 4.55. The van der Waals surface area contributed by atoms with Crippen LogP contribution in [0.5, 0.6) is 0 Å². The van der Waals surface area contributed by atoms with Crippen molar-refractivity contribution in [2.45, 2.75) is 33.2 Å². The predicted octanol–water partition coefficient (Wildman–Crippen LogP) is 5.67. The summed E-state index contributed by atoms with van der Waals surface area (Å²) in [6.07, 6.45) is 0.856. The highest BCUT2D eigenvalue weighted by molar-refractivity contribution is 6.55. The van der Waals surface area contributed by atoms with Crippen molar-refractivity contribution >= 4 is 75.8 Å². The Kier molecular flexibility index (Phi) is 8.14. The zero-order chi connectivity index (χ0) is 25.3. The van der Waals surface area contributed by atoms with Crippen molar-refractivity contribution in [2.24, 2.45) is 5.92 Å². The van der Waals surface area contributed by atoms with Crippen LogP contribution in [0.4, 0.5) is 5.69 Å². The van der Waals surface area contributed by atoms with Crippen LogP contribution in [0.15, 0.2) is 24.3 Å². The zero-order valence-electron chi connectivity index (χ0n) is 18.4. The van der Waals surface area contributed by atoms with Crippen LogP contribution >= 0.6 is 46.4 Å². The number of esters is 1. The third-order valence-electron chi connectivity index (χ3n) is 5.28. The number of carbonyl (C=O) groups is 4. The molecule has 3 amide bonds. The minimum absolute atomic E-state index is 0.178. The van der Waals surface area contributed by atoms with Gasteiger partial charge in [-0.2, -0.15) is 0 Å². The van der Waals surface area contributed by atoms with E-state index in [1.807, 2.05) is 19.1 Å². The summed E-state index contributed by atoms with van der Waals surface area (Å²) < 4.78 is 5.15. The Balaban J connectivity index is 1.78. The van der Waals surface area contributed by atoms with Gasteiger partial charge >= 0.3 is 5.97 Å². The molecule has 0 fully saturated rings. The lowest BCUT2D eigenvalue weighted by Crippen LogP contribution is -2.49. The average Bonchev–Trinajstić information content (AvgIpc) is 3.05. The van der Waals surface area contributed by atoms with Crippen LogP contribution in [0.25, 0.3) is 0 Å². The van der Waals surface area contributed by atoms with Gasteiger partial charge in [0.05, 0.1) is 31.2 Å². The number of amides is 3. The molecule has 34 heavy (non-hydrogen) atoms. The highest BCUT2D eigenvalue weighted by atomic mass is 35.5. The molecule has 0 unspecified atom stereocenters. The van der Waals surface area contributed by atoms with E-state index in [1.54, 1.807) is 26.0 Å². The monoisotopic (exact) mass is 544 g/mol. The molecule has 7 nitrogen and oxygen atoms in total. The van der Waals surface area contributed by atoms with Crippen LogP contribution in [0, 0.1) is 5.92 Å². The second kappa shape index (κ2) is 10.5. The standard InChI is InChI=1S/C23H20Cl4N2O5/c1-4-11-5-7-12(8-6-11)28-13(30)9-34-23(33)20(10(2)3)29-21(31)14-15(22(29)32)17(25)19(27)18(26)16(14)24/h5-8,10,20H,4,9H2,1-3H3,(H,28,30)/t20-/m1/s1. The number of hydrogen-bond acceptors (Lipinski definition) is 5. The Bertz CT molecular complexity index is 1130. The largest absolute Gasteiger partial charge is 0.454 e. The summed E-state index contributed by atoms with van der Waals surface area (Å²) in [6, 6.07) is 5.87. The molecule has 2 aromatic rings. The second-order valence-corrected chi connectivity index (χ2v) is 9.39. The summed E-state index contributed by atoms with van der Waals surface area (Å²) >= 11 is 24.4. The van der Waals surface area contributed by atoms with Crippen LogP contribution < -0.4 is 5.32 Å². The van der Waals surface area contributed by atoms with Crippen molar-refractivity contribution in [1.29, 1.82) is 0 Å². The molecule has 0 aliphatic carbocycles. The first-order chi connectivity index (χ1) is 16.0. The molecular formula is C23H20Cl4N2O5. The lowest BCUT2D eigenvalue weighted by Gasteiger charge is -2.27. The molecule has 0 bridgehead atoms. The maximum atomic E-state index is 13.1. The van der Waals surface area contributed by atoms with E-state index in [4.69, 9.17) is 51.1 Å². The van der Waals surface area contributed by atoms with Crippen LogP contribution in [0.1, 0.15) is 47.1 Å². The van der Waals surface area contributed by atoms with Gasteiger partial charge in [-0.1, -0.05) is 79.3 Å². The molecule has 1 N–H and O–H groups in total. The van der Waals surface area contributed by atoms with Crippen LogP contribution in [-0.2, 0) is 20.7 Å². The Morgan fingerprint density at radius 3 is 1.85 bits per heavy atom. The van der Waals surface area contributed by atoms with Crippen molar-refractivity contribution in [3.63, 3.8) is 0 Å². The number of ether oxygens (including phenoxy) is 1. The quantitative estimate of drug-likeness (QED) is 0.209. The molecule has 0 radical (unpaired) electrons. The summed E-state index contributed by atoms with van der Waals surface area (Å²) in [5.41, 5.74) is 1.17. The Hall–Kier alpha value is -2.32. The third-order valence-corrected chi connectivity index (χ3v) is 7.08. The lowest BCUT2D eigenvalue weighted by atomic mass is 10.0. The molecule has 1 heterocycles. The fraction of sp³-hybridized carbons (Fsp3) is 0.304. The smallest absolute Gasteiger partial charge is 0.330 e. The molecule has 180 valence electrons. The molecule has 1 aliphatic heterocycles. The van der Waals surface area contributed by atoms with Gasteiger partial charge in [0.1, 0.15) is 6.04 Å². The molecule has 11 heteroatoms. The zero-order valence-corrected chi connectivity index (χ0v) is 21.4. The Morgan fingerprint density at radius 2 is 1.41 bits per heavy atom. The van der Waals surface area contributed by atoms with Gasteiger partial charge in [0.15, 0.2) is 6.61 Å². The van der Waals surface area contributed by atoms with Gasteiger partial charge in [0.2, 0.25) is 0 Å². The highest BCUT2D eigenvalue weighted by Gasteiger charge is 2.48. The molecule has 3 rings (SSSR count). The van der Waals surface area contributed by atoms with Crippen LogP contribution in [0.3, 0.4) is 0 Å². The lowest BCUT2D eigenvalue weighted by molar-refractivity contribution is -0.152. The van der Waals surface area contributed by atoms with Gasteiger partial charge in [-0.15, -0.1) is 0 Å². The van der Waals surface area contributed by atoms with Gasteiger partial charge in [-0.25, -0.2) is 4.79 Å². The van der Waals surface area contributed by atoms with Crippen molar-refractivity contribution in [3.05, 3.63) is 61.0 Å². The van der Waals surface area contributed by atoms with E-state index in [0.29, 0.717) is 10.6 Å². The SMILES string of the molecule is CCc1ccc(NC(=O)COC(=O)[C@@H](C(C)C)N2C(=O)c3c(Cl)c(Cl)c(Cl)c(Cl)c3C2=O)cc1. The number of fused-ring (bicyclic) bond motifs is 1. The maximum absolute atomic E-state index is 13.1. The van der Waals surface area contributed by atoms with Gasteiger partial charge < -0.3 is 10.1 Å². The van der Waals surface area contributed by atoms with E-state index in [0.717, 1.165) is 12.0 Å². The van der Waals surface area contributed by atoms with Crippen LogP contribution in [0.2, 0.25) is 20.1 Å². The van der Waals surface area contributed by atoms with Gasteiger partial charge in [0, 0.05) is 5.69 Å².